The lowest BCUT2D eigenvalue weighted by Crippen LogP contribution is -2.26. The Bertz CT molecular complexity index is 1340. The van der Waals surface area contributed by atoms with Gasteiger partial charge in [0.15, 0.2) is 5.16 Å². The van der Waals surface area contributed by atoms with Crippen molar-refractivity contribution in [2.24, 2.45) is 0 Å². The number of nitrogens with one attached hydrogen (secondary N) is 1. The highest BCUT2D eigenvalue weighted by Crippen LogP contribution is 2.29. The number of methoxy groups -OCH3 is 1. The summed E-state index contributed by atoms with van der Waals surface area (Å²) in [5, 5.41) is 3.52. The molecule has 0 aliphatic rings. The van der Waals surface area contributed by atoms with Gasteiger partial charge in [-0.3, -0.25) is 14.2 Å². The van der Waals surface area contributed by atoms with Gasteiger partial charge in [-0.05, 0) is 43.3 Å². The number of aromatic nitrogens is 3. The van der Waals surface area contributed by atoms with Crippen LogP contribution in [0.3, 0.4) is 0 Å². The molecule has 7 nitrogen and oxygen atoms in total. The van der Waals surface area contributed by atoms with Gasteiger partial charge >= 0.3 is 0 Å². The van der Waals surface area contributed by atoms with Crippen LogP contribution in [-0.2, 0) is 4.79 Å². The normalized spacial score (nSPS) is 11.8. The third kappa shape index (κ3) is 4.46. The Hall–Kier alpha value is -3.36. The van der Waals surface area contributed by atoms with E-state index in [0.717, 1.165) is 0 Å². The summed E-state index contributed by atoms with van der Waals surface area (Å²) in [4.78, 5) is 35.0. The lowest BCUT2D eigenvalue weighted by molar-refractivity contribution is -0.115. The van der Waals surface area contributed by atoms with Gasteiger partial charge in [-0.1, -0.05) is 47.6 Å². The van der Waals surface area contributed by atoms with Gasteiger partial charge in [0, 0.05) is 6.20 Å². The van der Waals surface area contributed by atoms with Crippen LogP contribution in [0.1, 0.15) is 6.92 Å². The maximum absolute atomic E-state index is 13.4. The molecule has 4 aromatic rings. The first-order chi connectivity index (χ1) is 15.5. The number of pyridine rings is 1. The minimum atomic E-state index is -0.568. The number of carbonyl (C=O) groups excluding carboxylic acids is 1. The van der Waals surface area contributed by atoms with Crippen molar-refractivity contribution in [3.8, 4) is 11.4 Å². The molecule has 0 aliphatic heterocycles. The molecule has 1 unspecified atom stereocenters. The van der Waals surface area contributed by atoms with Crippen molar-refractivity contribution in [1.82, 2.24) is 14.5 Å². The lowest BCUT2D eigenvalue weighted by Gasteiger charge is -2.18. The van der Waals surface area contributed by atoms with Crippen molar-refractivity contribution in [2.45, 2.75) is 17.3 Å². The quantitative estimate of drug-likeness (QED) is 0.331. The predicted octanol–water partition coefficient (Wildman–Crippen LogP) is 4.56. The van der Waals surface area contributed by atoms with E-state index in [4.69, 9.17) is 16.3 Å². The molecule has 2 heterocycles. The second kappa shape index (κ2) is 9.42. The number of benzene rings is 2. The molecule has 162 valence electrons. The number of rotatable bonds is 6. The summed E-state index contributed by atoms with van der Waals surface area (Å²) < 4.78 is 6.95. The fourth-order valence-electron chi connectivity index (χ4n) is 3.11. The molecular weight excluding hydrogens is 448 g/mol. The van der Waals surface area contributed by atoms with Gasteiger partial charge in [0.25, 0.3) is 5.56 Å². The summed E-state index contributed by atoms with van der Waals surface area (Å²) in [6.07, 6.45) is 1.46. The molecule has 0 saturated carbocycles. The van der Waals surface area contributed by atoms with Crippen LogP contribution in [-0.4, -0.2) is 32.8 Å². The Kier molecular flexibility index (Phi) is 6.43. The fraction of sp³-hybridized carbons (Fsp3) is 0.130. The fourth-order valence-corrected chi connectivity index (χ4v) is 4.14. The van der Waals surface area contributed by atoms with E-state index in [1.54, 1.807) is 56.5 Å². The number of thioether (sulfide) groups is 1. The number of nitrogens with zero attached hydrogens (tertiary/aromatic N) is 3. The number of carbonyl (C=O) groups is 1. The van der Waals surface area contributed by atoms with Gasteiger partial charge in [0.1, 0.15) is 11.6 Å². The van der Waals surface area contributed by atoms with Crippen LogP contribution in [0.2, 0.25) is 5.02 Å². The van der Waals surface area contributed by atoms with Crippen LogP contribution in [0.5, 0.6) is 5.75 Å². The smallest absolute Gasteiger partial charge is 0.266 e. The minimum Gasteiger partial charge on any atom is -0.495 e. The molecule has 0 saturated heterocycles. The third-order valence-corrected chi connectivity index (χ3v) is 5.98. The molecule has 0 bridgehead atoms. The molecule has 32 heavy (non-hydrogen) atoms. The van der Waals surface area contributed by atoms with Crippen molar-refractivity contribution in [3.63, 3.8) is 0 Å². The molecule has 4 rings (SSSR count). The summed E-state index contributed by atoms with van der Waals surface area (Å²) in [5.41, 5.74) is 0.862. The summed E-state index contributed by atoms with van der Waals surface area (Å²) >= 11 is 7.02. The van der Waals surface area contributed by atoms with E-state index < -0.39 is 5.25 Å². The van der Waals surface area contributed by atoms with Gasteiger partial charge < -0.3 is 10.1 Å². The van der Waals surface area contributed by atoms with Crippen LogP contribution >= 0.6 is 23.4 Å². The number of hydrogen-bond acceptors (Lipinski definition) is 6. The number of ether oxygens (including phenoxy) is 1. The van der Waals surface area contributed by atoms with E-state index in [0.29, 0.717) is 38.3 Å². The number of para-hydroxylation sites is 3. The van der Waals surface area contributed by atoms with Crippen LogP contribution in [0.4, 0.5) is 5.82 Å². The molecule has 1 amide bonds. The zero-order valence-corrected chi connectivity index (χ0v) is 18.9. The van der Waals surface area contributed by atoms with Gasteiger partial charge in [-0.25, -0.2) is 9.97 Å². The maximum Gasteiger partial charge on any atom is 0.266 e. The Balaban J connectivity index is 1.75. The number of amides is 1. The Morgan fingerprint density at radius 2 is 1.88 bits per heavy atom. The molecule has 2 aromatic heterocycles. The summed E-state index contributed by atoms with van der Waals surface area (Å²) in [5.74, 6) is 0.634. The highest BCUT2D eigenvalue weighted by molar-refractivity contribution is 8.00. The van der Waals surface area contributed by atoms with Gasteiger partial charge in [-0.15, -0.1) is 0 Å². The highest BCUT2D eigenvalue weighted by atomic mass is 35.5. The number of hydrogen-bond donors (Lipinski definition) is 1. The van der Waals surface area contributed by atoms with E-state index in [1.165, 1.54) is 22.5 Å². The highest BCUT2D eigenvalue weighted by Gasteiger charge is 2.22. The number of halogens is 1. The molecule has 2 aromatic carbocycles. The van der Waals surface area contributed by atoms with Crippen molar-refractivity contribution in [1.29, 1.82) is 0 Å². The second-order valence-corrected chi connectivity index (χ2v) is 8.58. The molecule has 1 atom stereocenters. The van der Waals surface area contributed by atoms with E-state index in [1.807, 2.05) is 18.2 Å². The van der Waals surface area contributed by atoms with E-state index in [9.17, 15) is 9.59 Å². The largest absolute Gasteiger partial charge is 0.495 e. The van der Waals surface area contributed by atoms with Crippen LogP contribution in [0.25, 0.3) is 16.6 Å². The van der Waals surface area contributed by atoms with Crippen LogP contribution < -0.4 is 15.6 Å². The van der Waals surface area contributed by atoms with Gasteiger partial charge in [0.05, 0.1) is 34.0 Å². The first kappa shape index (κ1) is 21.9. The Morgan fingerprint density at radius 1 is 1.12 bits per heavy atom. The molecule has 0 spiro atoms. The van der Waals surface area contributed by atoms with Crippen molar-refractivity contribution >= 4 is 46.0 Å². The van der Waals surface area contributed by atoms with Crippen LogP contribution in [0.15, 0.2) is 76.8 Å². The first-order valence-electron chi connectivity index (χ1n) is 9.72. The van der Waals surface area contributed by atoms with Crippen molar-refractivity contribution in [3.05, 3.63) is 82.2 Å². The molecule has 0 aliphatic carbocycles. The zero-order valence-electron chi connectivity index (χ0n) is 17.3. The van der Waals surface area contributed by atoms with E-state index >= 15 is 0 Å². The average molecular weight is 467 g/mol. The molecule has 0 fully saturated rings. The molecular formula is C23H19ClN4O3S. The van der Waals surface area contributed by atoms with Crippen molar-refractivity contribution in [2.75, 3.05) is 12.4 Å². The molecule has 0 radical (unpaired) electrons. The van der Waals surface area contributed by atoms with Gasteiger partial charge in [-0.2, -0.15) is 0 Å². The number of anilines is 1. The lowest BCUT2D eigenvalue weighted by atomic mass is 10.2. The second-order valence-electron chi connectivity index (χ2n) is 6.83. The van der Waals surface area contributed by atoms with E-state index in [-0.39, 0.29) is 11.5 Å². The first-order valence-corrected chi connectivity index (χ1v) is 11.0. The topological polar surface area (TPSA) is 86.1 Å². The maximum atomic E-state index is 13.4. The number of fused-ring (bicyclic) bond motifs is 1. The Morgan fingerprint density at radius 3 is 2.62 bits per heavy atom. The molecule has 1 N–H and O–H groups in total. The Labute approximate surface area is 193 Å². The average Bonchev–Trinajstić information content (AvgIpc) is 2.81. The standard InChI is InChI=1S/C23H19ClN4O3S/c1-14(21(29)27-20-12-11-15(24)13-25-20)32-23-26-17-8-4-3-7-16(17)22(30)28(23)18-9-5-6-10-19(18)31-2/h3-14H,1-2H3,(H,25,27,29). The summed E-state index contributed by atoms with van der Waals surface area (Å²) in [7, 11) is 1.54. The van der Waals surface area contributed by atoms with Gasteiger partial charge in [0.2, 0.25) is 5.91 Å². The summed E-state index contributed by atoms with van der Waals surface area (Å²) in [6.45, 7) is 1.74. The SMILES string of the molecule is COc1ccccc1-n1c(SC(C)C(=O)Nc2ccc(Cl)cn2)nc2ccccc2c1=O. The van der Waals surface area contributed by atoms with Crippen LogP contribution in [0, 0.1) is 0 Å². The molecule has 9 heteroatoms. The third-order valence-electron chi connectivity index (χ3n) is 4.70. The predicted molar refractivity (Wildman–Crippen MR) is 127 cm³/mol. The van der Waals surface area contributed by atoms with Crippen molar-refractivity contribution < 1.29 is 9.53 Å². The monoisotopic (exact) mass is 466 g/mol. The zero-order chi connectivity index (χ0) is 22.7. The minimum absolute atomic E-state index is 0.241. The van der Waals surface area contributed by atoms with E-state index in [2.05, 4.69) is 15.3 Å². The summed E-state index contributed by atoms with van der Waals surface area (Å²) in [6, 6.07) is 17.6.